The minimum absolute atomic E-state index is 0.681. The van der Waals surface area contributed by atoms with Crippen molar-refractivity contribution in [3.8, 4) is 0 Å². The fraction of sp³-hybridized carbons (Fsp3) is 0.714. The number of aromatic nitrogens is 2. The van der Waals surface area contributed by atoms with Crippen LogP contribution in [0.15, 0.2) is 18.5 Å². The minimum Gasteiger partial charge on any atom is -0.341 e. The fourth-order valence-electron chi connectivity index (χ4n) is 2.80. The average Bonchev–Trinajstić information content (AvgIpc) is 3.25. The maximum atomic E-state index is 4.32. The van der Waals surface area contributed by atoms with Crippen LogP contribution in [-0.2, 0) is 0 Å². The van der Waals surface area contributed by atoms with Crippen molar-refractivity contribution < 1.29 is 0 Å². The highest BCUT2D eigenvalue weighted by atomic mass is 15.3. The molecule has 1 N–H and O–H groups in total. The summed E-state index contributed by atoms with van der Waals surface area (Å²) in [4.78, 5) is 10.9. The van der Waals surface area contributed by atoms with Crippen LogP contribution < -0.4 is 10.2 Å². The van der Waals surface area contributed by atoms with Crippen LogP contribution in [-0.4, -0.2) is 35.1 Å². The van der Waals surface area contributed by atoms with E-state index in [2.05, 4.69) is 27.1 Å². The summed E-state index contributed by atoms with van der Waals surface area (Å²) in [6.45, 7) is 4.47. The van der Waals surface area contributed by atoms with Crippen LogP contribution in [0.25, 0.3) is 0 Å². The molecule has 0 aromatic carbocycles. The molecule has 2 aliphatic rings. The molecule has 18 heavy (non-hydrogen) atoms. The van der Waals surface area contributed by atoms with Gasteiger partial charge in [-0.05, 0) is 44.6 Å². The summed E-state index contributed by atoms with van der Waals surface area (Å²) >= 11 is 0. The van der Waals surface area contributed by atoms with Crippen molar-refractivity contribution in [2.75, 3.05) is 18.0 Å². The molecule has 1 aliphatic carbocycles. The normalized spacial score (nSPS) is 23.1. The molecule has 1 atom stereocenters. The molecular weight excluding hydrogens is 224 g/mol. The van der Waals surface area contributed by atoms with Crippen molar-refractivity contribution in [3.05, 3.63) is 18.5 Å². The summed E-state index contributed by atoms with van der Waals surface area (Å²) in [6, 6.07) is 3.25. The van der Waals surface area contributed by atoms with E-state index in [4.69, 9.17) is 0 Å². The first-order valence-corrected chi connectivity index (χ1v) is 7.11. The highest BCUT2D eigenvalue weighted by Crippen LogP contribution is 2.33. The van der Waals surface area contributed by atoms with Gasteiger partial charge in [-0.2, -0.15) is 0 Å². The molecule has 3 rings (SSSR count). The topological polar surface area (TPSA) is 41.0 Å². The van der Waals surface area contributed by atoms with Gasteiger partial charge in [0.15, 0.2) is 0 Å². The maximum absolute atomic E-state index is 4.32. The minimum atomic E-state index is 0.681. The number of hydrogen-bond acceptors (Lipinski definition) is 4. The van der Waals surface area contributed by atoms with Crippen LogP contribution in [0.5, 0.6) is 0 Å². The molecule has 1 unspecified atom stereocenters. The van der Waals surface area contributed by atoms with E-state index in [1.165, 1.54) is 25.7 Å². The highest BCUT2D eigenvalue weighted by Gasteiger charge is 2.30. The lowest BCUT2D eigenvalue weighted by molar-refractivity contribution is 0.357. The molecule has 1 aromatic heterocycles. The Bertz CT molecular complexity index is 369. The third-order valence-electron chi connectivity index (χ3n) is 4.16. The number of nitrogens with zero attached hydrogens (tertiary/aromatic N) is 3. The van der Waals surface area contributed by atoms with E-state index < -0.39 is 0 Å². The predicted octanol–water partition coefficient (Wildman–Crippen LogP) is 1.83. The Hall–Kier alpha value is -1.16. The molecule has 1 saturated carbocycles. The van der Waals surface area contributed by atoms with Crippen molar-refractivity contribution in [1.29, 1.82) is 0 Å². The molecule has 0 radical (unpaired) electrons. The monoisotopic (exact) mass is 246 g/mol. The van der Waals surface area contributed by atoms with Gasteiger partial charge in [0.25, 0.3) is 0 Å². The zero-order valence-corrected chi connectivity index (χ0v) is 11.0. The summed E-state index contributed by atoms with van der Waals surface area (Å²) in [5.74, 6) is 1.83. The van der Waals surface area contributed by atoms with Crippen molar-refractivity contribution >= 4 is 5.95 Å². The first kappa shape index (κ1) is 11.9. The second kappa shape index (κ2) is 5.22. The van der Waals surface area contributed by atoms with Gasteiger partial charge in [-0.25, -0.2) is 9.97 Å². The molecule has 4 heteroatoms. The SMILES string of the molecule is CC(NC1CCN(c2ncccn2)CC1)C1CC1. The zero-order chi connectivity index (χ0) is 12.4. The van der Waals surface area contributed by atoms with Gasteiger partial charge in [0.05, 0.1) is 0 Å². The van der Waals surface area contributed by atoms with E-state index in [0.29, 0.717) is 12.1 Å². The first-order chi connectivity index (χ1) is 8.83. The molecule has 1 aromatic rings. The number of piperidine rings is 1. The molecule has 1 saturated heterocycles. The standard InChI is InChI=1S/C14H22N4/c1-11(12-3-4-12)17-13-5-9-18(10-6-13)14-15-7-2-8-16-14/h2,7-8,11-13,17H,3-6,9-10H2,1H3. The molecule has 0 bridgehead atoms. The van der Waals surface area contributed by atoms with E-state index >= 15 is 0 Å². The quantitative estimate of drug-likeness (QED) is 0.880. The Morgan fingerprint density at radius 2 is 1.83 bits per heavy atom. The lowest BCUT2D eigenvalue weighted by Gasteiger charge is -2.34. The Balaban J connectivity index is 1.48. The van der Waals surface area contributed by atoms with Gasteiger partial charge < -0.3 is 10.2 Å². The smallest absolute Gasteiger partial charge is 0.225 e. The van der Waals surface area contributed by atoms with Gasteiger partial charge in [-0.1, -0.05) is 0 Å². The third kappa shape index (κ3) is 2.80. The summed E-state index contributed by atoms with van der Waals surface area (Å²) in [6.07, 6.45) is 8.89. The lowest BCUT2D eigenvalue weighted by Crippen LogP contribution is -2.46. The second-order valence-corrected chi connectivity index (χ2v) is 5.60. The molecule has 2 heterocycles. The summed E-state index contributed by atoms with van der Waals surface area (Å²) in [5.41, 5.74) is 0. The average molecular weight is 246 g/mol. The van der Waals surface area contributed by atoms with Crippen LogP contribution in [0.4, 0.5) is 5.95 Å². The highest BCUT2D eigenvalue weighted by molar-refractivity contribution is 5.29. The van der Waals surface area contributed by atoms with Crippen molar-refractivity contribution in [3.63, 3.8) is 0 Å². The molecular formula is C14H22N4. The molecule has 1 aliphatic heterocycles. The maximum Gasteiger partial charge on any atom is 0.225 e. The molecule has 0 spiro atoms. The van der Waals surface area contributed by atoms with E-state index in [0.717, 1.165) is 25.0 Å². The number of anilines is 1. The van der Waals surface area contributed by atoms with Gasteiger partial charge in [0.1, 0.15) is 0 Å². The Labute approximate surface area is 109 Å². The number of hydrogen-bond donors (Lipinski definition) is 1. The predicted molar refractivity (Wildman–Crippen MR) is 72.6 cm³/mol. The van der Waals surface area contributed by atoms with Crippen LogP contribution in [0.1, 0.15) is 32.6 Å². The van der Waals surface area contributed by atoms with E-state index in [1.54, 1.807) is 0 Å². The van der Waals surface area contributed by atoms with Crippen molar-refractivity contribution in [1.82, 2.24) is 15.3 Å². The first-order valence-electron chi connectivity index (χ1n) is 7.11. The van der Waals surface area contributed by atoms with E-state index in [9.17, 15) is 0 Å². The van der Waals surface area contributed by atoms with E-state index in [1.807, 2.05) is 18.5 Å². The van der Waals surface area contributed by atoms with Gasteiger partial charge in [-0.3, -0.25) is 0 Å². The van der Waals surface area contributed by atoms with Gasteiger partial charge >= 0.3 is 0 Å². The fourth-order valence-corrected chi connectivity index (χ4v) is 2.80. The van der Waals surface area contributed by atoms with Crippen molar-refractivity contribution in [2.24, 2.45) is 5.92 Å². The molecule has 0 amide bonds. The number of nitrogens with one attached hydrogen (secondary N) is 1. The Kier molecular flexibility index (Phi) is 3.46. The summed E-state index contributed by atoms with van der Waals surface area (Å²) < 4.78 is 0. The Morgan fingerprint density at radius 3 is 2.44 bits per heavy atom. The largest absolute Gasteiger partial charge is 0.341 e. The molecule has 98 valence electrons. The number of rotatable bonds is 4. The van der Waals surface area contributed by atoms with Crippen LogP contribution in [0, 0.1) is 5.92 Å². The molecule has 2 fully saturated rings. The summed E-state index contributed by atoms with van der Waals surface area (Å²) in [5, 5.41) is 3.79. The Morgan fingerprint density at radius 1 is 1.17 bits per heavy atom. The van der Waals surface area contributed by atoms with Crippen molar-refractivity contribution in [2.45, 2.75) is 44.7 Å². The summed E-state index contributed by atoms with van der Waals surface area (Å²) in [7, 11) is 0. The second-order valence-electron chi connectivity index (χ2n) is 5.60. The zero-order valence-electron chi connectivity index (χ0n) is 11.0. The van der Waals surface area contributed by atoms with Gasteiger partial charge in [0, 0.05) is 37.6 Å². The van der Waals surface area contributed by atoms with E-state index in [-0.39, 0.29) is 0 Å². The van der Waals surface area contributed by atoms with Gasteiger partial charge in [0.2, 0.25) is 5.95 Å². The third-order valence-corrected chi connectivity index (χ3v) is 4.16. The van der Waals surface area contributed by atoms with Crippen LogP contribution >= 0.6 is 0 Å². The van der Waals surface area contributed by atoms with Gasteiger partial charge in [-0.15, -0.1) is 0 Å². The lowest BCUT2D eigenvalue weighted by atomic mass is 10.0. The van der Waals surface area contributed by atoms with Crippen LogP contribution in [0.2, 0.25) is 0 Å². The molecule has 4 nitrogen and oxygen atoms in total. The van der Waals surface area contributed by atoms with Crippen LogP contribution in [0.3, 0.4) is 0 Å².